The monoisotopic (exact) mass is 461 g/mol. The fourth-order valence-electron chi connectivity index (χ4n) is 6.47. The van der Waals surface area contributed by atoms with Crippen LogP contribution in [-0.2, 0) is 21.0 Å². The Morgan fingerprint density at radius 3 is 2.00 bits per heavy atom. The normalized spacial score (nSPS) is 36.6. The standard InChI is InChI=1S/C26H43NO2SSi/c1-23(2,3)30(28)27-26(20-12-10-9-11-13-20)21-14-19-15-22(26)18-25(16-19,17-21)29-31(7,8)24(4,5)6/h9-13,19,21-22,27H,14-18H2,1-8H3. The fraction of sp³-hybridized carbons (Fsp3) is 0.769. The molecular formula is C26H43NO2SSi. The fourth-order valence-corrected chi connectivity index (χ4v) is 9.18. The third kappa shape index (κ3) is 4.02. The summed E-state index contributed by atoms with van der Waals surface area (Å²) in [5.41, 5.74) is 1.13. The van der Waals surface area contributed by atoms with E-state index < -0.39 is 19.3 Å². The minimum Gasteiger partial charge on any atom is -0.411 e. The topological polar surface area (TPSA) is 38.3 Å². The Hall–Kier alpha value is -0.493. The summed E-state index contributed by atoms with van der Waals surface area (Å²) in [6.45, 7) is 18.1. The van der Waals surface area contributed by atoms with Gasteiger partial charge in [-0.2, -0.15) is 0 Å². The zero-order chi connectivity index (χ0) is 22.9. The molecule has 174 valence electrons. The Morgan fingerprint density at radius 2 is 1.52 bits per heavy atom. The summed E-state index contributed by atoms with van der Waals surface area (Å²) in [4.78, 5) is 0. The van der Waals surface area contributed by atoms with Crippen LogP contribution in [0.25, 0.3) is 0 Å². The lowest BCUT2D eigenvalue weighted by atomic mass is 9.46. The summed E-state index contributed by atoms with van der Waals surface area (Å²) < 4.78 is 24.2. The lowest BCUT2D eigenvalue weighted by Crippen LogP contribution is -2.69. The number of hydrogen-bond donors (Lipinski definition) is 1. The van der Waals surface area contributed by atoms with Gasteiger partial charge in [-0.15, -0.1) is 0 Å². The SMILES string of the molecule is CC(C)(C)S(=O)NC1(c2ccccc2)C2CC3CC1CC(O[Si](C)(C)C(C)(C)C)(C3)C2. The molecule has 0 heterocycles. The molecule has 4 fully saturated rings. The number of hydrogen-bond acceptors (Lipinski definition) is 2. The minimum atomic E-state index is -1.86. The van der Waals surface area contributed by atoms with E-state index in [0.717, 1.165) is 18.8 Å². The van der Waals surface area contributed by atoms with E-state index in [2.05, 4.69) is 89.7 Å². The molecule has 5 rings (SSSR count). The summed E-state index contributed by atoms with van der Waals surface area (Å²) in [6.07, 6.45) is 5.86. The molecule has 3 nitrogen and oxygen atoms in total. The molecule has 4 aliphatic carbocycles. The highest BCUT2D eigenvalue weighted by Crippen LogP contribution is 2.65. The van der Waals surface area contributed by atoms with E-state index in [1.165, 1.54) is 24.8 Å². The first kappa shape index (κ1) is 23.7. The Kier molecular flexibility index (Phi) is 5.73. The molecule has 5 heteroatoms. The summed E-state index contributed by atoms with van der Waals surface area (Å²) in [5, 5.41) is 0.221. The second kappa shape index (κ2) is 7.51. The van der Waals surface area contributed by atoms with Gasteiger partial charge in [-0.05, 0) is 94.3 Å². The van der Waals surface area contributed by atoms with Crippen molar-refractivity contribution in [3.63, 3.8) is 0 Å². The van der Waals surface area contributed by atoms with Crippen LogP contribution in [0.2, 0.25) is 18.1 Å². The predicted octanol–water partition coefficient (Wildman–Crippen LogP) is 6.53. The molecule has 1 aromatic rings. The van der Waals surface area contributed by atoms with E-state index in [-0.39, 0.29) is 20.9 Å². The molecule has 0 spiro atoms. The Labute approximate surface area is 193 Å². The molecule has 0 aromatic heterocycles. The van der Waals surface area contributed by atoms with Gasteiger partial charge in [0.05, 0.1) is 26.9 Å². The van der Waals surface area contributed by atoms with Gasteiger partial charge in [0.1, 0.15) is 0 Å². The average molecular weight is 462 g/mol. The van der Waals surface area contributed by atoms with Crippen LogP contribution in [0, 0.1) is 17.8 Å². The molecule has 3 unspecified atom stereocenters. The van der Waals surface area contributed by atoms with Crippen LogP contribution >= 0.6 is 0 Å². The Morgan fingerprint density at radius 1 is 0.968 bits per heavy atom. The van der Waals surface area contributed by atoms with Crippen molar-refractivity contribution in [2.75, 3.05) is 0 Å². The lowest BCUT2D eigenvalue weighted by molar-refractivity contribution is -0.159. The van der Waals surface area contributed by atoms with Gasteiger partial charge in [-0.3, -0.25) is 0 Å². The van der Waals surface area contributed by atoms with Crippen molar-refractivity contribution in [3.8, 4) is 0 Å². The van der Waals surface area contributed by atoms with Crippen molar-refractivity contribution >= 4 is 19.3 Å². The largest absolute Gasteiger partial charge is 0.411 e. The van der Waals surface area contributed by atoms with Crippen LogP contribution < -0.4 is 4.72 Å². The van der Waals surface area contributed by atoms with Gasteiger partial charge in [-0.1, -0.05) is 51.1 Å². The first-order chi connectivity index (χ1) is 14.2. The lowest BCUT2D eigenvalue weighted by Gasteiger charge is -2.66. The van der Waals surface area contributed by atoms with Crippen molar-refractivity contribution < 1.29 is 8.63 Å². The molecule has 1 N–H and O–H groups in total. The van der Waals surface area contributed by atoms with Gasteiger partial charge in [0.2, 0.25) is 0 Å². The van der Waals surface area contributed by atoms with Gasteiger partial charge in [0.25, 0.3) is 0 Å². The quantitative estimate of drug-likeness (QED) is 0.506. The Balaban J connectivity index is 1.73. The summed E-state index contributed by atoms with van der Waals surface area (Å²) in [7, 11) is -2.97. The van der Waals surface area contributed by atoms with Crippen LogP contribution in [0.3, 0.4) is 0 Å². The molecular weight excluding hydrogens is 418 g/mol. The highest BCUT2D eigenvalue weighted by Gasteiger charge is 2.65. The third-order valence-electron chi connectivity index (χ3n) is 8.77. The first-order valence-corrected chi connectivity index (χ1v) is 16.2. The zero-order valence-electron chi connectivity index (χ0n) is 20.9. The van der Waals surface area contributed by atoms with Crippen LogP contribution in [0.15, 0.2) is 30.3 Å². The second-order valence-corrected chi connectivity index (χ2v) is 19.8. The van der Waals surface area contributed by atoms with Crippen LogP contribution in [0.5, 0.6) is 0 Å². The van der Waals surface area contributed by atoms with Gasteiger partial charge in [0.15, 0.2) is 8.32 Å². The smallest absolute Gasteiger partial charge is 0.192 e. The van der Waals surface area contributed by atoms with Crippen molar-refractivity contribution in [3.05, 3.63) is 35.9 Å². The number of benzene rings is 1. The van der Waals surface area contributed by atoms with Gasteiger partial charge < -0.3 is 4.43 Å². The highest BCUT2D eigenvalue weighted by molar-refractivity contribution is 7.84. The van der Waals surface area contributed by atoms with E-state index >= 15 is 0 Å². The molecule has 3 atom stereocenters. The van der Waals surface area contributed by atoms with Crippen molar-refractivity contribution in [2.24, 2.45) is 17.8 Å². The van der Waals surface area contributed by atoms with Crippen LogP contribution in [0.4, 0.5) is 0 Å². The number of rotatable bonds is 5. The van der Waals surface area contributed by atoms with Crippen molar-refractivity contribution in [2.45, 2.75) is 108 Å². The van der Waals surface area contributed by atoms with Gasteiger partial charge >= 0.3 is 0 Å². The molecule has 1 aromatic carbocycles. The molecule has 0 saturated heterocycles. The van der Waals surface area contributed by atoms with E-state index in [9.17, 15) is 4.21 Å². The average Bonchev–Trinajstić information content (AvgIpc) is 2.62. The maximum absolute atomic E-state index is 13.5. The number of nitrogens with one attached hydrogen (secondary N) is 1. The molecule has 0 radical (unpaired) electrons. The molecule has 4 bridgehead atoms. The molecule has 4 saturated carbocycles. The van der Waals surface area contributed by atoms with Gasteiger partial charge in [0, 0.05) is 0 Å². The molecule has 4 aliphatic rings. The van der Waals surface area contributed by atoms with Crippen molar-refractivity contribution in [1.82, 2.24) is 4.72 Å². The van der Waals surface area contributed by atoms with Gasteiger partial charge in [-0.25, -0.2) is 8.93 Å². The Bertz CT molecular complexity index is 823. The summed E-state index contributed by atoms with van der Waals surface area (Å²) in [5.74, 6) is 1.68. The van der Waals surface area contributed by atoms with E-state index in [4.69, 9.17) is 4.43 Å². The molecule has 0 amide bonds. The molecule has 0 aliphatic heterocycles. The maximum Gasteiger partial charge on any atom is 0.192 e. The van der Waals surface area contributed by atoms with E-state index in [1.54, 1.807) is 0 Å². The summed E-state index contributed by atoms with van der Waals surface area (Å²) in [6, 6.07) is 10.9. The van der Waals surface area contributed by atoms with Crippen LogP contribution in [0.1, 0.15) is 79.2 Å². The van der Waals surface area contributed by atoms with Crippen LogP contribution in [-0.4, -0.2) is 22.9 Å². The van der Waals surface area contributed by atoms with Crippen molar-refractivity contribution in [1.29, 1.82) is 0 Å². The third-order valence-corrected chi connectivity index (χ3v) is 15.0. The minimum absolute atomic E-state index is 0.0166. The van der Waals surface area contributed by atoms with E-state index in [0.29, 0.717) is 11.8 Å². The highest BCUT2D eigenvalue weighted by atomic mass is 32.2. The first-order valence-electron chi connectivity index (χ1n) is 12.1. The zero-order valence-corrected chi connectivity index (χ0v) is 22.7. The van der Waals surface area contributed by atoms with E-state index in [1.807, 2.05) is 0 Å². The summed E-state index contributed by atoms with van der Waals surface area (Å²) >= 11 is 0. The maximum atomic E-state index is 13.5. The predicted molar refractivity (Wildman–Crippen MR) is 134 cm³/mol. The molecule has 31 heavy (non-hydrogen) atoms. The second-order valence-electron chi connectivity index (χ2n) is 13.1.